The van der Waals surface area contributed by atoms with Crippen molar-refractivity contribution in [3.05, 3.63) is 59.2 Å². The first kappa shape index (κ1) is 19.9. The Morgan fingerprint density at radius 1 is 1.07 bits per heavy atom. The van der Waals surface area contributed by atoms with Gasteiger partial charge < -0.3 is 15.2 Å². The topological polar surface area (TPSA) is 98.9 Å². The predicted octanol–water partition coefficient (Wildman–Crippen LogP) is 2.88. The lowest BCUT2D eigenvalue weighted by molar-refractivity contribution is -0.119. The molecule has 7 nitrogen and oxygen atoms in total. The summed E-state index contributed by atoms with van der Waals surface area (Å²) in [6, 6.07) is 11.8. The second-order valence-electron chi connectivity index (χ2n) is 7.66. The van der Waals surface area contributed by atoms with Crippen molar-refractivity contribution in [2.75, 3.05) is 13.7 Å². The standard InChI is InChI=1S/C23H24N2O5/c1-29-19-11-10-14(12-20(19)30-15-6-2-3-7-15)18(21(24)26)13-25-22(27)16-8-4-5-9-17(16)23(25)28/h4-5,8-12,15,18H,2-3,6-7,13H2,1H3,(H2,24,26). The summed E-state index contributed by atoms with van der Waals surface area (Å²) in [4.78, 5) is 38.8. The van der Waals surface area contributed by atoms with E-state index >= 15 is 0 Å². The van der Waals surface area contributed by atoms with Crippen molar-refractivity contribution in [2.24, 2.45) is 5.73 Å². The van der Waals surface area contributed by atoms with Crippen molar-refractivity contribution in [3.8, 4) is 11.5 Å². The number of benzene rings is 2. The third-order valence-corrected chi connectivity index (χ3v) is 5.77. The number of amides is 3. The number of carbonyl (C=O) groups excluding carboxylic acids is 3. The zero-order valence-corrected chi connectivity index (χ0v) is 16.8. The summed E-state index contributed by atoms with van der Waals surface area (Å²) in [6.07, 6.45) is 4.30. The molecule has 1 aliphatic heterocycles. The Morgan fingerprint density at radius 2 is 1.70 bits per heavy atom. The van der Waals surface area contributed by atoms with Gasteiger partial charge in [-0.1, -0.05) is 18.2 Å². The molecule has 2 aromatic carbocycles. The van der Waals surface area contributed by atoms with Crippen molar-refractivity contribution in [1.29, 1.82) is 0 Å². The first-order valence-corrected chi connectivity index (χ1v) is 10.1. The van der Waals surface area contributed by atoms with Gasteiger partial charge in [0, 0.05) is 6.54 Å². The van der Waals surface area contributed by atoms with Gasteiger partial charge >= 0.3 is 0 Å². The fourth-order valence-electron chi connectivity index (χ4n) is 4.14. The van der Waals surface area contributed by atoms with Crippen molar-refractivity contribution >= 4 is 17.7 Å². The summed E-state index contributed by atoms with van der Waals surface area (Å²) in [5.74, 6) is -1.21. The quantitative estimate of drug-likeness (QED) is 0.710. The molecule has 2 N–H and O–H groups in total. The maximum absolute atomic E-state index is 12.7. The Morgan fingerprint density at radius 3 is 2.27 bits per heavy atom. The molecular formula is C23H24N2O5. The summed E-state index contributed by atoms with van der Waals surface area (Å²) >= 11 is 0. The van der Waals surface area contributed by atoms with Gasteiger partial charge in [0.25, 0.3) is 11.8 Å². The van der Waals surface area contributed by atoms with Gasteiger partial charge in [-0.3, -0.25) is 19.3 Å². The molecule has 2 aromatic rings. The molecule has 0 saturated heterocycles. The highest BCUT2D eigenvalue weighted by atomic mass is 16.5. The van der Waals surface area contributed by atoms with E-state index in [2.05, 4.69) is 0 Å². The van der Waals surface area contributed by atoms with Crippen LogP contribution in [0.4, 0.5) is 0 Å². The van der Waals surface area contributed by atoms with Gasteiger partial charge in [0.1, 0.15) is 0 Å². The van der Waals surface area contributed by atoms with Gasteiger partial charge in [0.15, 0.2) is 11.5 Å². The molecule has 30 heavy (non-hydrogen) atoms. The van der Waals surface area contributed by atoms with Gasteiger partial charge in [-0.15, -0.1) is 0 Å². The van der Waals surface area contributed by atoms with Crippen LogP contribution in [0.25, 0.3) is 0 Å². The molecule has 1 aliphatic carbocycles. The van der Waals surface area contributed by atoms with E-state index in [1.165, 1.54) is 0 Å². The third kappa shape index (κ3) is 3.63. The highest BCUT2D eigenvalue weighted by Gasteiger charge is 2.38. The van der Waals surface area contributed by atoms with Gasteiger partial charge in [-0.2, -0.15) is 0 Å². The largest absolute Gasteiger partial charge is 0.493 e. The summed E-state index contributed by atoms with van der Waals surface area (Å²) in [6.45, 7) is -0.128. The van der Waals surface area contributed by atoms with Crippen LogP contribution in [0.3, 0.4) is 0 Å². The molecular weight excluding hydrogens is 384 g/mol. The summed E-state index contributed by atoms with van der Waals surface area (Å²) < 4.78 is 11.5. The number of rotatable bonds is 7. The smallest absolute Gasteiger partial charge is 0.261 e. The average Bonchev–Trinajstić information content (AvgIpc) is 3.34. The van der Waals surface area contributed by atoms with Crippen molar-refractivity contribution in [1.82, 2.24) is 4.90 Å². The molecule has 0 bridgehead atoms. The van der Waals surface area contributed by atoms with Gasteiger partial charge in [-0.05, 0) is 55.5 Å². The molecule has 1 unspecified atom stereocenters. The normalized spacial score (nSPS) is 17.2. The number of primary amides is 1. The van der Waals surface area contributed by atoms with Crippen LogP contribution >= 0.6 is 0 Å². The first-order valence-electron chi connectivity index (χ1n) is 10.1. The number of carbonyl (C=O) groups is 3. The SMILES string of the molecule is COc1ccc(C(CN2C(=O)c3ccccc3C2=O)C(N)=O)cc1OC1CCCC1. The first-order chi connectivity index (χ1) is 14.5. The Bertz CT molecular complexity index is 962. The maximum atomic E-state index is 12.7. The predicted molar refractivity (Wildman–Crippen MR) is 110 cm³/mol. The molecule has 7 heteroatoms. The second kappa shape index (κ2) is 8.18. The van der Waals surface area contributed by atoms with Crippen LogP contribution in [0.2, 0.25) is 0 Å². The number of hydrogen-bond acceptors (Lipinski definition) is 5. The lowest BCUT2D eigenvalue weighted by atomic mass is 9.97. The van der Waals surface area contributed by atoms with Crippen LogP contribution in [-0.2, 0) is 4.79 Å². The number of nitrogens with zero attached hydrogens (tertiary/aromatic N) is 1. The summed E-state index contributed by atoms with van der Waals surface area (Å²) in [5, 5.41) is 0. The molecule has 1 heterocycles. The minimum Gasteiger partial charge on any atom is -0.493 e. The number of imide groups is 1. The number of hydrogen-bond donors (Lipinski definition) is 1. The fourth-order valence-corrected chi connectivity index (χ4v) is 4.14. The van der Waals surface area contributed by atoms with Crippen LogP contribution in [0.1, 0.15) is 57.9 Å². The highest BCUT2D eigenvalue weighted by Crippen LogP contribution is 2.35. The molecule has 1 fully saturated rings. The van der Waals surface area contributed by atoms with Crippen molar-refractivity contribution in [2.45, 2.75) is 37.7 Å². The van der Waals surface area contributed by atoms with Gasteiger partial charge in [0.05, 0.1) is 30.3 Å². The molecule has 0 radical (unpaired) electrons. The minimum atomic E-state index is -0.857. The molecule has 1 saturated carbocycles. The number of nitrogens with two attached hydrogens (primary N) is 1. The number of fused-ring (bicyclic) bond motifs is 1. The lowest BCUT2D eigenvalue weighted by Gasteiger charge is -2.22. The lowest BCUT2D eigenvalue weighted by Crippen LogP contribution is -2.38. The van der Waals surface area contributed by atoms with Crippen LogP contribution in [0, 0.1) is 0 Å². The number of ether oxygens (including phenoxy) is 2. The van der Waals surface area contributed by atoms with Crippen LogP contribution in [-0.4, -0.2) is 42.4 Å². The molecule has 2 aliphatic rings. The maximum Gasteiger partial charge on any atom is 0.261 e. The molecule has 1 atom stereocenters. The zero-order chi connectivity index (χ0) is 21.3. The average molecular weight is 408 g/mol. The summed E-state index contributed by atoms with van der Waals surface area (Å²) in [5.41, 5.74) is 6.92. The van der Waals surface area contributed by atoms with Gasteiger partial charge in [0.2, 0.25) is 5.91 Å². The van der Waals surface area contributed by atoms with Crippen molar-refractivity contribution < 1.29 is 23.9 Å². The van der Waals surface area contributed by atoms with E-state index in [9.17, 15) is 14.4 Å². The van der Waals surface area contributed by atoms with E-state index < -0.39 is 23.6 Å². The fraction of sp³-hybridized carbons (Fsp3) is 0.348. The van der Waals surface area contributed by atoms with E-state index in [0.717, 1.165) is 30.6 Å². The van der Waals surface area contributed by atoms with Crippen molar-refractivity contribution in [3.63, 3.8) is 0 Å². The van der Waals surface area contributed by atoms with E-state index in [0.29, 0.717) is 28.2 Å². The third-order valence-electron chi connectivity index (χ3n) is 5.77. The van der Waals surface area contributed by atoms with Crippen LogP contribution < -0.4 is 15.2 Å². The van der Waals surface area contributed by atoms with E-state index in [4.69, 9.17) is 15.2 Å². The van der Waals surface area contributed by atoms with Crippen LogP contribution in [0.5, 0.6) is 11.5 Å². The Hall–Kier alpha value is -3.35. The Balaban J connectivity index is 1.61. The molecule has 156 valence electrons. The molecule has 3 amide bonds. The Labute approximate surface area is 174 Å². The molecule has 4 rings (SSSR count). The van der Waals surface area contributed by atoms with Gasteiger partial charge in [-0.25, -0.2) is 0 Å². The van der Waals surface area contributed by atoms with Crippen LogP contribution in [0.15, 0.2) is 42.5 Å². The zero-order valence-electron chi connectivity index (χ0n) is 16.8. The number of methoxy groups -OCH3 is 1. The van der Waals surface area contributed by atoms with E-state index in [1.807, 2.05) is 0 Å². The molecule has 0 aromatic heterocycles. The summed E-state index contributed by atoms with van der Waals surface area (Å²) in [7, 11) is 1.56. The second-order valence-corrected chi connectivity index (χ2v) is 7.66. The minimum absolute atomic E-state index is 0.109. The Kier molecular flexibility index (Phi) is 5.44. The van der Waals surface area contributed by atoms with E-state index in [1.54, 1.807) is 49.6 Å². The highest BCUT2D eigenvalue weighted by molar-refractivity contribution is 6.21. The molecule has 0 spiro atoms. The monoisotopic (exact) mass is 408 g/mol. The van der Waals surface area contributed by atoms with E-state index in [-0.39, 0.29) is 12.6 Å².